The highest BCUT2D eigenvalue weighted by molar-refractivity contribution is 6.83. The fraction of sp³-hybridized carbons (Fsp3) is 0.364. The fourth-order valence-electron chi connectivity index (χ4n) is 0.893. The van der Waals surface area contributed by atoms with Gasteiger partial charge in [-0.1, -0.05) is 25.6 Å². The molecular formula is C11H15NOSi. The molecule has 1 aromatic rings. The Labute approximate surface area is 86.0 Å². The Morgan fingerprint density at radius 3 is 2.71 bits per heavy atom. The normalized spacial score (nSPS) is 10.6. The van der Waals surface area contributed by atoms with E-state index in [9.17, 15) is 0 Å². The highest BCUT2D eigenvalue weighted by Gasteiger charge is 2.07. The van der Waals surface area contributed by atoms with E-state index in [0.29, 0.717) is 0 Å². The summed E-state index contributed by atoms with van der Waals surface area (Å²) in [6.45, 7) is 6.62. The smallest absolute Gasteiger partial charge is 0.129 e. The molecule has 0 aromatic carbocycles. The Morgan fingerprint density at radius 2 is 2.14 bits per heavy atom. The van der Waals surface area contributed by atoms with Gasteiger partial charge in [0.15, 0.2) is 0 Å². The summed E-state index contributed by atoms with van der Waals surface area (Å²) in [4.78, 5) is 4.13. The number of pyridine rings is 1. The van der Waals surface area contributed by atoms with Gasteiger partial charge in [-0.15, -0.1) is 5.54 Å². The topological polar surface area (TPSA) is 33.1 Å². The number of nitrogens with zero attached hydrogens (tertiary/aromatic N) is 1. The third kappa shape index (κ3) is 3.73. The Morgan fingerprint density at radius 1 is 1.43 bits per heavy atom. The minimum Gasteiger partial charge on any atom is -0.392 e. The molecule has 0 aliphatic carbocycles. The lowest BCUT2D eigenvalue weighted by atomic mass is 10.2. The number of aromatic nitrogens is 1. The molecule has 0 saturated heterocycles. The second kappa shape index (κ2) is 4.40. The van der Waals surface area contributed by atoms with Crippen LogP contribution in [0.3, 0.4) is 0 Å². The summed E-state index contributed by atoms with van der Waals surface area (Å²) in [5.41, 5.74) is 4.84. The van der Waals surface area contributed by atoms with E-state index >= 15 is 0 Å². The third-order valence-corrected chi connectivity index (χ3v) is 2.45. The number of aliphatic hydroxyl groups excluding tert-OH is 1. The van der Waals surface area contributed by atoms with Gasteiger partial charge in [-0.25, -0.2) is 4.98 Å². The largest absolute Gasteiger partial charge is 0.392 e. The van der Waals surface area contributed by atoms with Gasteiger partial charge in [-0.2, -0.15) is 0 Å². The molecule has 0 bridgehead atoms. The maximum atomic E-state index is 8.92. The summed E-state index contributed by atoms with van der Waals surface area (Å²) < 4.78 is 0. The molecule has 2 nitrogen and oxygen atoms in total. The van der Waals surface area contributed by atoms with Crippen LogP contribution in [0.5, 0.6) is 0 Å². The standard InChI is InChI=1S/C11H15NOSi/c1-14(2,3)7-5-11-8-10(9-13)4-6-12-11/h4,6,8,13H,9H2,1-3H3. The van der Waals surface area contributed by atoms with Gasteiger partial charge in [0, 0.05) is 6.20 Å². The van der Waals surface area contributed by atoms with Crippen LogP contribution in [-0.4, -0.2) is 18.2 Å². The first-order valence-electron chi connectivity index (χ1n) is 4.60. The molecule has 0 saturated carbocycles. The van der Waals surface area contributed by atoms with Crippen LogP contribution >= 0.6 is 0 Å². The average Bonchev–Trinajstić information content (AvgIpc) is 2.14. The first-order valence-corrected chi connectivity index (χ1v) is 8.10. The molecule has 0 unspecified atom stereocenters. The molecule has 1 rings (SSSR count). The van der Waals surface area contributed by atoms with E-state index in [1.165, 1.54) is 0 Å². The highest BCUT2D eigenvalue weighted by Crippen LogP contribution is 2.02. The van der Waals surface area contributed by atoms with Crippen molar-refractivity contribution in [1.82, 2.24) is 4.98 Å². The summed E-state index contributed by atoms with van der Waals surface area (Å²) in [6, 6.07) is 3.62. The van der Waals surface area contributed by atoms with Gasteiger partial charge in [0.1, 0.15) is 13.8 Å². The Bertz CT molecular complexity index is 371. The van der Waals surface area contributed by atoms with Crippen LogP contribution in [-0.2, 0) is 6.61 Å². The van der Waals surface area contributed by atoms with Gasteiger partial charge in [0.2, 0.25) is 0 Å². The maximum absolute atomic E-state index is 8.92. The molecule has 1 aromatic heterocycles. The van der Waals surface area contributed by atoms with Crippen LogP contribution in [0.25, 0.3) is 0 Å². The van der Waals surface area contributed by atoms with Crippen molar-refractivity contribution >= 4 is 8.07 Å². The van der Waals surface area contributed by atoms with Crippen molar-refractivity contribution in [3.63, 3.8) is 0 Å². The molecule has 0 amide bonds. The van der Waals surface area contributed by atoms with Crippen molar-refractivity contribution < 1.29 is 5.11 Å². The van der Waals surface area contributed by atoms with E-state index in [2.05, 4.69) is 36.1 Å². The predicted molar refractivity (Wildman–Crippen MR) is 60.4 cm³/mol. The van der Waals surface area contributed by atoms with Gasteiger partial charge in [-0.05, 0) is 17.7 Å². The number of hydrogen-bond donors (Lipinski definition) is 1. The quantitative estimate of drug-likeness (QED) is 0.560. The third-order valence-electron chi connectivity index (χ3n) is 1.57. The minimum absolute atomic E-state index is 0.0458. The van der Waals surface area contributed by atoms with Crippen molar-refractivity contribution in [2.24, 2.45) is 0 Å². The van der Waals surface area contributed by atoms with Gasteiger partial charge in [0.25, 0.3) is 0 Å². The summed E-state index contributed by atoms with van der Waals surface area (Å²) in [5.74, 6) is 3.05. The molecule has 0 fully saturated rings. The Balaban J connectivity index is 2.90. The van der Waals surface area contributed by atoms with Crippen molar-refractivity contribution in [1.29, 1.82) is 0 Å². The summed E-state index contributed by atoms with van der Waals surface area (Å²) in [7, 11) is -1.33. The number of aliphatic hydroxyl groups is 1. The number of rotatable bonds is 1. The molecule has 0 spiro atoms. The summed E-state index contributed by atoms with van der Waals surface area (Å²) in [6.07, 6.45) is 1.68. The minimum atomic E-state index is -1.33. The molecule has 0 aliphatic rings. The average molecular weight is 205 g/mol. The van der Waals surface area contributed by atoms with E-state index in [1.807, 2.05) is 6.07 Å². The molecule has 1 heterocycles. The molecule has 0 radical (unpaired) electrons. The highest BCUT2D eigenvalue weighted by atomic mass is 28.3. The first kappa shape index (κ1) is 11.0. The van der Waals surface area contributed by atoms with Gasteiger partial charge < -0.3 is 5.11 Å². The lowest BCUT2D eigenvalue weighted by Crippen LogP contribution is -2.16. The van der Waals surface area contributed by atoms with E-state index in [0.717, 1.165) is 11.3 Å². The Kier molecular flexibility index (Phi) is 3.45. The van der Waals surface area contributed by atoms with E-state index in [-0.39, 0.29) is 6.61 Å². The molecule has 3 heteroatoms. The lowest BCUT2D eigenvalue weighted by molar-refractivity contribution is 0.281. The van der Waals surface area contributed by atoms with Crippen LogP contribution in [0.4, 0.5) is 0 Å². The van der Waals surface area contributed by atoms with Crippen molar-refractivity contribution in [2.75, 3.05) is 0 Å². The zero-order valence-electron chi connectivity index (χ0n) is 8.83. The second-order valence-electron chi connectivity index (χ2n) is 4.21. The van der Waals surface area contributed by atoms with Crippen LogP contribution < -0.4 is 0 Å². The van der Waals surface area contributed by atoms with Crippen LogP contribution in [0.2, 0.25) is 19.6 Å². The molecule has 1 N–H and O–H groups in total. The second-order valence-corrected chi connectivity index (χ2v) is 8.96. The van der Waals surface area contributed by atoms with Crippen LogP contribution in [0.15, 0.2) is 18.3 Å². The van der Waals surface area contributed by atoms with E-state index in [4.69, 9.17) is 5.11 Å². The van der Waals surface area contributed by atoms with Crippen LogP contribution in [0.1, 0.15) is 11.3 Å². The maximum Gasteiger partial charge on any atom is 0.129 e. The molecule has 14 heavy (non-hydrogen) atoms. The summed E-state index contributed by atoms with van der Waals surface area (Å²) in [5, 5.41) is 8.92. The molecule has 0 aliphatic heterocycles. The van der Waals surface area contributed by atoms with Crippen LogP contribution in [0, 0.1) is 11.5 Å². The predicted octanol–water partition coefficient (Wildman–Crippen LogP) is 1.80. The first-order chi connectivity index (χ1) is 6.51. The molecule has 0 atom stereocenters. The molecule has 74 valence electrons. The van der Waals surface area contributed by atoms with Gasteiger partial charge in [-0.3, -0.25) is 0 Å². The number of hydrogen-bond acceptors (Lipinski definition) is 2. The lowest BCUT2D eigenvalue weighted by Gasteiger charge is -2.03. The van der Waals surface area contributed by atoms with Crippen molar-refractivity contribution in [3.8, 4) is 11.5 Å². The fourth-order valence-corrected chi connectivity index (χ4v) is 1.40. The summed E-state index contributed by atoms with van der Waals surface area (Å²) >= 11 is 0. The zero-order valence-corrected chi connectivity index (χ0v) is 9.83. The monoisotopic (exact) mass is 205 g/mol. The SMILES string of the molecule is C[Si](C)(C)C#Cc1cc(CO)ccn1. The van der Waals surface area contributed by atoms with E-state index in [1.54, 1.807) is 12.3 Å². The van der Waals surface area contributed by atoms with Crippen molar-refractivity contribution in [2.45, 2.75) is 26.2 Å². The van der Waals surface area contributed by atoms with Gasteiger partial charge in [0.05, 0.1) is 6.61 Å². The zero-order chi connectivity index (χ0) is 10.6. The van der Waals surface area contributed by atoms with Gasteiger partial charge >= 0.3 is 0 Å². The molecular weight excluding hydrogens is 190 g/mol. The Hall–Kier alpha value is -1.11. The van der Waals surface area contributed by atoms with E-state index < -0.39 is 8.07 Å². The van der Waals surface area contributed by atoms with Crippen molar-refractivity contribution in [3.05, 3.63) is 29.6 Å².